The monoisotopic (exact) mass is 379 g/mol. The molecule has 3 heterocycles. The third-order valence-corrected chi connectivity index (χ3v) is 6.15. The first-order chi connectivity index (χ1) is 13.7. The largest absolute Gasteiger partial charge is 0.354 e. The summed E-state index contributed by atoms with van der Waals surface area (Å²) in [6.45, 7) is 10.7. The van der Waals surface area contributed by atoms with E-state index >= 15 is 0 Å². The minimum Gasteiger partial charge on any atom is -0.354 e. The minimum atomic E-state index is 0.624. The van der Waals surface area contributed by atoms with Crippen molar-refractivity contribution in [2.24, 2.45) is 0 Å². The van der Waals surface area contributed by atoms with E-state index in [2.05, 4.69) is 58.0 Å². The fraction of sp³-hybridized carbons (Fsp3) is 0.565. The maximum Gasteiger partial charge on any atom is 0.134 e. The number of piperidine rings is 1. The molecule has 0 N–H and O–H groups in total. The van der Waals surface area contributed by atoms with Crippen molar-refractivity contribution in [1.82, 2.24) is 14.9 Å². The lowest BCUT2D eigenvalue weighted by Gasteiger charge is -2.38. The summed E-state index contributed by atoms with van der Waals surface area (Å²) in [6, 6.07) is 13.6. The van der Waals surface area contributed by atoms with Gasteiger partial charge in [-0.25, -0.2) is 9.97 Å². The second-order valence-electron chi connectivity index (χ2n) is 8.13. The van der Waals surface area contributed by atoms with Crippen molar-refractivity contribution in [2.75, 3.05) is 42.5 Å². The van der Waals surface area contributed by atoms with Crippen LogP contribution in [0, 0.1) is 6.92 Å². The zero-order valence-electron chi connectivity index (χ0n) is 17.3. The van der Waals surface area contributed by atoms with Gasteiger partial charge in [0.05, 0.1) is 0 Å². The molecule has 0 amide bonds. The van der Waals surface area contributed by atoms with Gasteiger partial charge in [0.25, 0.3) is 0 Å². The number of benzene rings is 1. The maximum atomic E-state index is 4.80. The molecule has 28 heavy (non-hydrogen) atoms. The third-order valence-electron chi connectivity index (χ3n) is 6.15. The molecule has 2 fully saturated rings. The number of hydrogen-bond acceptors (Lipinski definition) is 5. The van der Waals surface area contributed by atoms with Crippen LogP contribution in [0.3, 0.4) is 0 Å². The van der Waals surface area contributed by atoms with Crippen LogP contribution in [0.25, 0.3) is 0 Å². The molecule has 150 valence electrons. The normalized spacial score (nSPS) is 21.1. The van der Waals surface area contributed by atoms with E-state index in [-0.39, 0.29) is 0 Å². The molecule has 0 saturated carbocycles. The van der Waals surface area contributed by atoms with E-state index in [9.17, 15) is 0 Å². The van der Waals surface area contributed by atoms with Gasteiger partial charge in [-0.3, -0.25) is 4.90 Å². The van der Waals surface area contributed by atoms with Gasteiger partial charge in [0.2, 0.25) is 0 Å². The van der Waals surface area contributed by atoms with Crippen LogP contribution in [-0.4, -0.2) is 53.6 Å². The molecule has 2 aliphatic heterocycles. The maximum absolute atomic E-state index is 4.80. The highest BCUT2D eigenvalue weighted by Gasteiger charge is 2.24. The van der Waals surface area contributed by atoms with Crippen LogP contribution in [0.1, 0.15) is 44.0 Å². The number of nitrogens with zero attached hydrogens (tertiary/aromatic N) is 5. The quantitative estimate of drug-likeness (QED) is 0.788. The molecule has 2 aliphatic rings. The molecular weight excluding hydrogens is 346 g/mol. The van der Waals surface area contributed by atoms with Crippen molar-refractivity contribution < 1.29 is 0 Å². The van der Waals surface area contributed by atoms with E-state index in [1.54, 1.807) is 0 Å². The Hall–Kier alpha value is -2.14. The van der Waals surface area contributed by atoms with Crippen LogP contribution in [0.15, 0.2) is 36.4 Å². The number of hydrogen-bond donors (Lipinski definition) is 0. The lowest BCUT2D eigenvalue weighted by atomic mass is 10.00. The van der Waals surface area contributed by atoms with E-state index in [4.69, 9.17) is 9.97 Å². The fourth-order valence-corrected chi connectivity index (χ4v) is 4.55. The van der Waals surface area contributed by atoms with Gasteiger partial charge in [-0.15, -0.1) is 0 Å². The molecule has 0 aliphatic carbocycles. The van der Waals surface area contributed by atoms with Gasteiger partial charge in [0.15, 0.2) is 0 Å². The Kier molecular flexibility index (Phi) is 6.10. The number of aryl methyl sites for hydroxylation is 1. The van der Waals surface area contributed by atoms with Crippen LogP contribution in [0.2, 0.25) is 0 Å². The Morgan fingerprint density at radius 2 is 1.68 bits per heavy atom. The van der Waals surface area contributed by atoms with E-state index in [1.165, 1.54) is 31.2 Å². The van der Waals surface area contributed by atoms with Crippen LogP contribution in [0.5, 0.6) is 0 Å². The Balaban J connectivity index is 1.43. The summed E-state index contributed by atoms with van der Waals surface area (Å²) < 4.78 is 0. The first-order valence-electron chi connectivity index (χ1n) is 10.9. The lowest BCUT2D eigenvalue weighted by molar-refractivity contribution is 0.249. The summed E-state index contributed by atoms with van der Waals surface area (Å²) in [5.74, 6) is 3.11. The van der Waals surface area contributed by atoms with E-state index in [0.29, 0.717) is 6.04 Å². The van der Waals surface area contributed by atoms with Gasteiger partial charge in [-0.05, 0) is 38.2 Å². The molecule has 0 spiro atoms. The number of rotatable bonds is 5. The second kappa shape index (κ2) is 8.91. The van der Waals surface area contributed by atoms with Crippen molar-refractivity contribution >= 4 is 11.6 Å². The number of anilines is 2. The molecule has 1 aromatic heterocycles. The topological polar surface area (TPSA) is 35.5 Å². The van der Waals surface area contributed by atoms with Crippen molar-refractivity contribution in [1.29, 1.82) is 0 Å². The fourth-order valence-electron chi connectivity index (χ4n) is 4.55. The Bertz CT molecular complexity index is 755. The Labute approximate surface area is 169 Å². The molecule has 2 aromatic rings. The Morgan fingerprint density at radius 1 is 0.929 bits per heavy atom. The van der Waals surface area contributed by atoms with Gasteiger partial charge in [0, 0.05) is 51.4 Å². The molecule has 5 heteroatoms. The number of aromatic nitrogens is 2. The van der Waals surface area contributed by atoms with Crippen molar-refractivity contribution in [3.8, 4) is 0 Å². The summed E-state index contributed by atoms with van der Waals surface area (Å²) in [4.78, 5) is 17.1. The predicted octanol–water partition coefficient (Wildman–Crippen LogP) is 3.88. The van der Waals surface area contributed by atoms with Crippen molar-refractivity contribution in [3.05, 3.63) is 47.8 Å². The second-order valence-corrected chi connectivity index (χ2v) is 8.13. The standard InChI is InChI=1S/C23H33N5/c1-3-21-11-7-8-12-28(21)23-17-22(24-19(2)25-23)27-15-13-26(14-16-27)18-20-9-5-4-6-10-20/h4-6,9-10,17,21H,3,7-8,11-16,18H2,1-2H3. The highest BCUT2D eigenvalue weighted by atomic mass is 15.3. The van der Waals surface area contributed by atoms with E-state index in [1.807, 2.05) is 6.92 Å². The van der Waals surface area contributed by atoms with Crippen molar-refractivity contribution in [2.45, 2.75) is 52.1 Å². The zero-order valence-corrected chi connectivity index (χ0v) is 17.3. The summed E-state index contributed by atoms with van der Waals surface area (Å²) in [5, 5.41) is 0. The van der Waals surface area contributed by atoms with E-state index < -0.39 is 0 Å². The first kappa shape index (κ1) is 19.2. The molecular formula is C23H33N5. The summed E-state index contributed by atoms with van der Waals surface area (Å²) in [5.41, 5.74) is 1.40. The smallest absolute Gasteiger partial charge is 0.134 e. The van der Waals surface area contributed by atoms with Gasteiger partial charge < -0.3 is 9.80 Å². The molecule has 4 rings (SSSR count). The number of piperazine rings is 1. The van der Waals surface area contributed by atoms with Gasteiger partial charge in [-0.1, -0.05) is 37.3 Å². The molecule has 0 radical (unpaired) electrons. The average molecular weight is 380 g/mol. The summed E-state index contributed by atoms with van der Waals surface area (Å²) in [6.07, 6.45) is 5.09. The predicted molar refractivity (Wildman–Crippen MR) is 116 cm³/mol. The third kappa shape index (κ3) is 4.46. The summed E-state index contributed by atoms with van der Waals surface area (Å²) in [7, 11) is 0. The molecule has 2 saturated heterocycles. The van der Waals surface area contributed by atoms with E-state index in [0.717, 1.165) is 56.7 Å². The van der Waals surface area contributed by atoms with Gasteiger partial charge in [0.1, 0.15) is 17.5 Å². The highest BCUT2D eigenvalue weighted by Crippen LogP contribution is 2.28. The van der Waals surface area contributed by atoms with Gasteiger partial charge >= 0.3 is 0 Å². The minimum absolute atomic E-state index is 0.624. The molecule has 5 nitrogen and oxygen atoms in total. The Morgan fingerprint density at radius 3 is 2.43 bits per heavy atom. The molecule has 1 atom stereocenters. The SMILES string of the molecule is CCC1CCCCN1c1cc(N2CCN(Cc3ccccc3)CC2)nc(C)n1. The van der Waals surface area contributed by atoms with Crippen LogP contribution >= 0.6 is 0 Å². The molecule has 1 aromatic carbocycles. The highest BCUT2D eigenvalue weighted by molar-refractivity contribution is 5.52. The van der Waals surface area contributed by atoms with Gasteiger partial charge in [-0.2, -0.15) is 0 Å². The molecule has 1 unspecified atom stereocenters. The van der Waals surface area contributed by atoms with Crippen LogP contribution < -0.4 is 9.80 Å². The van der Waals surface area contributed by atoms with Crippen molar-refractivity contribution in [3.63, 3.8) is 0 Å². The average Bonchev–Trinajstić information content (AvgIpc) is 2.74. The van der Waals surface area contributed by atoms with Crippen LogP contribution in [0.4, 0.5) is 11.6 Å². The van der Waals surface area contributed by atoms with Crippen LogP contribution in [-0.2, 0) is 6.54 Å². The lowest BCUT2D eigenvalue weighted by Crippen LogP contribution is -2.46. The zero-order chi connectivity index (χ0) is 19.3. The first-order valence-corrected chi connectivity index (χ1v) is 10.9. The summed E-state index contributed by atoms with van der Waals surface area (Å²) >= 11 is 0. The molecule has 0 bridgehead atoms.